The summed E-state index contributed by atoms with van der Waals surface area (Å²) in [6.45, 7) is 4.77. The van der Waals surface area contributed by atoms with Gasteiger partial charge in [-0.3, -0.25) is 0 Å². The third-order valence-electron chi connectivity index (χ3n) is 11.6. The highest BCUT2D eigenvalue weighted by Crippen LogP contribution is 2.54. The van der Waals surface area contributed by atoms with Crippen LogP contribution < -0.4 is 0 Å². The molecule has 52 heavy (non-hydrogen) atoms. The molecule has 0 bridgehead atoms. The van der Waals surface area contributed by atoms with Gasteiger partial charge in [0.15, 0.2) is 0 Å². The monoisotopic (exact) mass is 682 g/mol. The van der Waals surface area contributed by atoms with Gasteiger partial charge in [-0.25, -0.2) is 0 Å². The van der Waals surface area contributed by atoms with Crippen LogP contribution in [0.4, 0.5) is 0 Å². The molecule has 0 N–H and O–H groups in total. The average Bonchev–Trinajstić information content (AvgIpc) is 3.43. The minimum Gasteiger partial charge on any atom is -0.142 e. The van der Waals surface area contributed by atoms with E-state index in [0.717, 1.165) is 17.7 Å². The van der Waals surface area contributed by atoms with Gasteiger partial charge in [-0.05, 0) is 119 Å². The summed E-state index contributed by atoms with van der Waals surface area (Å²) in [7, 11) is 0. The number of rotatable bonds is 4. The minimum atomic E-state index is -0.199. The van der Waals surface area contributed by atoms with Gasteiger partial charge in [0, 0.05) is 15.7 Å². The van der Waals surface area contributed by atoms with E-state index in [2.05, 4.69) is 178 Å². The number of thiol groups is 1. The zero-order chi connectivity index (χ0) is 35.0. The molecule has 2 aliphatic carbocycles. The summed E-state index contributed by atoms with van der Waals surface area (Å²) < 4.78 is 0. The standard InChI is InChI=1S/C51H38S/c1-51(2)45-31-36(26-28-39(45)44-29-25-34-24-27-38(32-14-5-3-6-15-32)50(52)48(34)49(44)51)35-18-13-19-37(30-35)47-42-22-11-9-20-40(42)46(33-16-7-4-8-17-33)41-21-10-12-23-43(41)47/h3-7,9-16,18-31,52H,8,17H2,1-2H3. The summed E-state index contributed by atoms with van der Waals surface area (Å²) in [5.41, 5.74) is 15.4. The van der Waals surface area contributed by atoms with E-state index in [9.17, 15) is 0 Å². The van der Waals surface area contributed by atoms with Crippen molar-refractivity contribution in [2.75, 3.05) is 0 Å². The highest BCUT2D eigenvalue weighted by atomic mass is 32.1. The molecule has 0 amide bonds. The second-order valence-corrected chi connectivity index (χ2v) is 15.3. The SMILES string of the molecule is CC1(C)c2cc(-c3cccc(-c4c5ccccc5c(C5=CC=CCC5)c5ccccc45)c3)ccc2-c2ccc3ccc(-c4ccccc4)c(S)c3c21. The molecule has 0 nitrogen and oxygen atoms in total. The molecule has 0 aromatic heterocycles. The van der Waals surface area contributed by atoms with Crippen LogP contribution in [0.2, 0.25) is 0 Å². The highest BCUT2D eigenvalue weighted by Gasteiger charge is 2.38. The predicted molar refractivity (Wildman–Crippen MR) is 226 cm³/mol. The molecule has 0 fully saturated rings. The van der Waals surface area contributed by atoms with E-state index in [0.29, 0.717) is 0 Å². The summed E-state index contributed by atoms with van der Waals surface area (Å²) in [6.07, 6.45) is 8.96. The fourth-order valence-electron chi connectivity index (χ4n) is 9.18. The van der Waals surface area contributed by atoms with Crippen molar-refractivity contribution < 1.29 is 0 Å². The molecule has 0 heterocycles. The van der Waals surface area contributed by atoms with Gasteiger partial charge in [0.05, 0.1) is 0 Å². The number of fused-ring (bicyclic) bond motifs is 7. The van der Waals surface area contributed by atoms with Crippen LogP contribution in [0.15, 0.2) is 169 Å². The normalized spacial score (nSPS) is 14.5. The third kappa shape index (κ3) is 4.69. The molecule has 0 aliphatic heterocycles. The first kappa shape index (κ1) is 31.1. The van der Waals surface area contributed by atoms with Crippen LogP contribution in [0, 0.1) is 0 Å². The smallest absolute Gasteiger partial charge is 0.0201 e. The van der Waals surface area contributed by atoms with Crippen molar-refractivity contribution in [3.63, 3.8) is 0 Å². The first-order valence-corrected chi connectivity index (χ1v) is 18.8. The lowest BCUT2D eigenvalue weighted by atomic mass is 9.79. The Morgan fingerprint density at radius 3 is 1.81 bits per heavy atom. The lowest BCUT2D eigenvalue weighted by Gasteiger charge is -2.25. The maximum atomic E-state index is 5.24. The molecule has 2 aliphatic rings. The molecule has 0 spiro atoms. The van der Waals surface area contributed by atoms with Crippen molar-refractivity contribution in [2.24, 2.45) is 0 Å². The van der Waals surface area contributed by atoms with E-state index in [-0.39, 0.29) is 5.41 Å². The first-order valence-electron chi connectivity index (χ1n) is 18.4. The third-order valence-corrected chi connectivity index (χ3v) is 12.1. The number of hydrogen-bond donors (Lipinski definition) is 1. The average molecular weight is 683 g/mol. The number of hydrogen-bond acceptors (Lipinski definition) is 1. The summed E-state index contributed by atoms with van der Waals surface area (Å²) in [6, 6.07) is 54.0. The zero-order valence-electron chi connectivity index (χ0n) is 29.4. The quantitative estimate of drug-likeness (QED) is 0.139. The Labute approximate surface area is 311 Å². The Kier molecular flexibility index (Phi) is 7.17. The molecule has 8 aromatic rings. The zero-order valence-corrected chi connectivity index (χ0v) is 30.3. The summed E-state index contributed by atoms with van der Waals surface area (Å²) in [5, 5.41) is 7.75. The fourth-order valence-corrected chi connectivity index (χ4v) is 9.63. The van der Waals surface area contributed by atoms with Crippen molar-refractivity contribution in [3.05, 3.63) is 181 Å². The first-order chi connectivity index (χ1) is 25.5. The van der Waals surface area contributed by atoms with E-state index >= 15 is 0 Å². The van der Waals surface area contributed by atoms with Crippen molar-refractivity contribution in [1.29, 1.82) is 0 Å². The van der Waals surface area contributed by atoms with Crippen LogP contribution in [0.25, 0.3) is 82.4 Å². The van der Waals surface area contributed by atoms with Crippen LogP contribution in [-0.4, -0.2) is 0 Å². The van der Waals surface area contributed by atoms with Gasteiger partial charge in [-0.2, -0.15) is 0 Å². The number of allylic oxidation sites excluding steroid dienone is 4. The molecule has 10 rings (SSSR count). The molecular formula is C51H38S. The van der Waals surface area contributed by atoms with Gasteiger partial charge >= 0.3 is 0 Å². The number of benzene rings is 8. The van der Waals surface area contributed by atoms with E-state index in [1.54, 1.807) is 0 Å². The second kappa shape index (κ2) is 12.0. The van der Waals surface area contributed by atoms with Crippen molar-refractivity contribution in [1.82, 2.24) is 0 Å². The van der Waals surface area contributed by atoms with Crippen molar-refractivity contribution >= 4 is 50.5 Å². The molecule has 0 saturated heterocycles. The second-order valence-electron chi connectivity index (χ2n) is 14.9. The van der Waals surface area contributed by atoms with Gasteiger partial charge in [0.2, 0.25) is 0 Å². The Bertz CT molecular complexity index is 2760. The minimum absolute atomic E-state index is 0.199. The molecule has 0 atom stereocenters. The maximum absolute atomic E-state index is 5.24. The van der Waals surface area contributed by atoms with E-state index in [1.807, 2.05) is 0 Å². The molecular weight excluding hydrogens is 645 g/mol. The van der Waals surface area contributed by atoms with Gasteiger partial charge in [0.25, 0.3) is 0 Å². The van der Waals surface area contributed by atoms with Gasteiger partial charge < -0.3 is 0 Å². The van der Waals surface area contributed by atoms with Crippen LogP contribution >= 0.6 is 12.6 Å². The summed E-state index contributed by atoms with van der Waals surface area (Å²) >= 11 is 5.24. The van der Waals surface area contributed by atoms with E-state index in [1.165, 1.54) is 99.1 Å². The largest absolute Gasteiger partial charge is 0.142 e. The van der Waals surface area contributed by atoms with E-state index < -0.39 is 0 Å². The Balaban J connectivity index is 1.12. The maximum Gasteiger partial charge on any atom is 0.0201 e. The Hall–Kier alpha value is -5.63. The molecule has 0 unspecified atom stereocenters. The lowest BCUT2D eigenvalue weighted by Crippen LogP contribution is -2.16. The topological polar surface area (TPSA) is 0 Å². The molecule has 0 radical (unpaired) electrons. The molecule has 8 aromatic carbocycles. The molecule has 1 heteroatoms. The van der Waals surface area contributed by atoms with Crippen LogP contribution in [0.5, 0.6) is 0 Å². The summed E-state index contributed by atoms with van der Waals surface area (Å²) in [5.74, 6) is 0. The van der Waals surface area contributed by atoms with Crippen molar-refractivity contribution in [2.45, 2.75) is 37.0 Å². The Morgan fingerprint density at radius 1 is 0.519 bits per heavy atom. The lowest BCUT2D eigenvalue weighted by molar-refractivity contribution is 0.665. The van der Waals surface area contributed by atoms with Crippen LogP contribution in [-0.2, 0) is 5.41 Å². The van der Waals surface area contributed by atoms with Crippen LogP contribution in [0.1, 0.15) is 43.4 Å². The van der Waals surface area contributed by atoms with Crippen LogP contribution in [0.3, 0.4) is 0 Å². The highest BCUT2D eigenvalue weighted by molar-refractivity contribution is 7.80. The van der Waals surface area contributed by atoms with E-state index in [4.69, 9.17) is 12.6 Å². The van der Waals surface area contributed by atoms with Crippen molar-refractivity contribution in [3.8, 4) is 44.5 Å². The molecule has 248 valence electrons. The Morgan fingerprint density at radius 2 is 1.12 bits per heavy atom. The summed E-state index contributed by atoms with van der Waals surface area (Å²) in [4.78, 5) is 1.05. The van der Waals surface area contributed by atoms with Gasteiger partial charge in [0.1, 0.15) is 0 Å². The predicted octanol–water partition coefficient (Wildman–Crippen LogP) is 14.5. The molecule has 0 saturated carbocycles. The van der Waals surface area contributed by atoms with Gasteiger partial charge in [-0.15, -0.1) is 12.6 Å². The fraction of sp³-hybridized carbons (Fsp3) is 0.0980. The van der Waals surface area contributed by atoms with Gasteiger partial charge in [-0.1, -0.05) is 166 Å².